The number of pyridine rings is 1. The first-order valence-corrected chi connectivity index (χ1v) is 6.13. The van der Waals surface area contributed by atoms with Crippen molar-refractivity contribution >= 4 is 17.5 Å². The maximum Gasteiger partial charge on any atom is 0.356 e. The zero-order chi connectivity index (χ0) is 14.4. The topological polar surface area (TPSA) is 77.7 Å². The van der Waals surface area contributed by atoms with Gasteiger partial charge in [-0.3, -0.25) is 0 Å². The molecule has 0 aliphatic carbocycles. The van der Waals surface area contributed by atoms with Gasteiger partial charge in [-0.05, 0) is 26.0 Å². The molecule has 0 unspecified atom stereocenters. The predicted molar refractivity (Wildman–Crippen MR) is 74.3 cm³/mol. The molecule has 6 heteroatoms. The number of nitrogen functional groups attached to an aromatic ring is 1. The van der Waals surface area contributed by atoms with Crippen LogP contribution < -0.4 is 10.6 Å². The van der Waals surface area contributed by atoms with Gasteiger partial charge in [0.25, 0.3) is 0 Å². The van der Waals surface area contributed by atoms with Crippen LogP contribution in [-0.2, 0) is 9.47 Å². The average molecular weight is 267 g/mol. The number of anilines is 2. The molecule has 0 radical (unpaired) electrons. The van der Waals surface area contributed by atoms with Crippen LogP contribution in [0.3, 0.4) is 0 Å². The molecule has 0 spiro atoms. The lowest BCUT2D eigenvalue weighted by molar-refractivity contribution is 0.0594. The van der Waals surface area contributed by atoms with Crippen LogP contribution >= 0.6 is 0 Å². The van der Waals surface area contributed by atoms with Gasteiger partial charge in [0.05, 0.1) is 25.5 Å². The van der Waals surface area contributed by atoms with Crippen molar-refractivity contribution in [2.75, 3.05) is 37.9 Å². The monoisotopic (exact) mass is 267 g/mol. The SMILES string of the molecule is COC(=O)c1ccc(N)c(N(C)CCOC(C)C)n1. The highest BCUT2D eigenvalue weighted by Crippen LogP contribution is 2.19. The second kappa shape index (κ2) is 6.94. The molecule has 6 nitrogen and oxygen atoms in total. The first-order chi connectivity index (χ1) is 8.95. The number of esters is 1. The highest BCUT2D eigenvalue weighted by Gasteiger charge is 2.13. The van der Waals surface area contributed by atoms with Gasteiger partial charge >= 0.3 is 5.97 Å². The van der Waals surface area contributed by atoms with E-state index in [1.165, 1.54) is 7.11 Å². The van der Waals surface area contributed by atoms with E-state index in [2.05, 4.69) is 9.72 Å². The van der Waals surface area contributed by atoms with Gasteiger partial charge in [-0.1, -0.05) is 0 Å². The number of aromatic nitrogens is 1. The van der Waals surface area contributed by atoms with Crippen molar-refractivity contribution in [3.8, 4) is 0 Å². The van der Waals surface area contributed by atoms with Crippen LogP contribution in [-0.4, -0.2) is 44.4 Å². The zero-order valence-electron chi connectivity index (χ0n) is 11.8. The Morgan fingerprint density at radius 2 is 2.16 bits per heavy atom. The molecule has 0 bridgehead atoms. The number of carbonyl (C=O) groups excluding carboxylic acids is 1. The highest BCUT2D eigenvalue weighted by molar-refractivity contribution is 5.88. The van der Waals surface area contributed by atoms with Gasteiger partial charge in [-0.2, -0.15) is 0 Å². The van der Waals surface area contributed by atoms with Gasteiger partial charge in [-0.25, -0.2) is 9.78 Å². The lowest BCUT2D eigenvalue weighted by Gasteiger charge is -2.20. The minimum absolute atomic E-state index is 0.181. The molecular formula is C13H21N3O3. The van der Waals surface area contributed by atoms with Crippen LogP contribution in [0.25, 0.3) is 0 Å². The van der Waals surface area contributed by atoms with Crippen LogP contribution in [0, 0.1) is 0 Å². The largest absolute Gasteiger partial charge is 0.464 e. The number of nitrogens with two attached hydrogens (primary N) is 1. The Balaban J connectivity index is 2.77. The Labute approximate surface area is 113 Å². The summed E-state index contributed by atoms with van der Waals surface area (Å²) in [6.07, 6.45) is 0.181. The molecular weight excluding hydrogens is 246 g/mol. The van der Waals surface area contributed by atoms with E-state index < -0.39 is 5.97 Å². The molecule has 0 aromatic carbocycles. The molecule has 0 saturated heterocycles. The summed E-state index contributed by atoms with van der Waals surface area (Å²) in [6, 6.07) is 3.19. The summed E-state index contributed by atoms with van der Waals surface area (Å²) in [5.74, 6) is 0.0725. The summed E-state index contributed by atoms with van der Waals surface area (Å²) in [5, 5.41) is 0. The summed E-state index contributed by atoms with van der Waals surface area (Å²) in [6.45, 7) is 5.16. The number of likely N-dealkylation sites (N-methyl/N-ethyl adjacent to an activating group) is 1. The molecule has 1 heterocycles. The van der Waals surface area contributed by atoms with Crippen LogP contribution in [0.1, 0.15) is 24.3 Å². The maximum atomic E-state index is 11.4. The fraction of sp³-hybridized carbons (Fsp3) is 0.538. The Hall–Kier alpha value is -1.82. The number of carbonyl (C=O) groups is 1. The van der Waals surface area contributed by atoms with Crippen LogP contribution in [0.15, 0.2) is 12.1 Å². The van der Waals surface area contributed by atoms with E-state index in [9.17, 15) is 4.79 Å². The molecule has 0 amide bonds. The number of ether oxygens (including phenoxy) is 2. The molecule has 0 aliphatic rings. The van der Waals surface area contributed by atoms with E-state index >= 15 is 0 Å². The molecule has 0 aliphatic heterocycles. The van der Waals surface area contributed by atoms with E-state index in [1.807, 2.05) is 25.8 Å². The molecule has 0 atom stereocenters. The van der Waals surface area contributed by atoms with Crippen molar-refractivity contribution < 1.29 is 14.3 Å². The minimum atomic E-state index is -0.479. The van der Waals surface area contributed by atoms with E-state index in [0.717, 1.165) is 0 Å². The maximum absolute atomic E-state index is 11.4. The van der Waals surface area contributed by atoms with Crippen LogP contribution in [0.2, 0.25) is 0 Å². The van der Waals surface area contributed by atoms with Crippen molar-refractivity contribution in [3.05, 3.63) is 17.8 Å². The van der Waals surface area contributed by atoms with E-state index in [4.69, 9.17) is 10.5 Å². The zero-order valence-corrected chi connectivity index (χ0v) is 11.8. The van der Waals surface area contributed by atoms with Gasteiger partial charge < -0.3 is 20.1 Å². The Morgan fingerprint density at radius 1 is 1.47 bits per heavy atom. The van der Waals surface area contributed by atoms with Gasteiger partial charge in [0.1, 0.15) is 0 Å². The summed E-state index contributed by atoms with van der Waals surface area (Å²) in [7, 11) is 3.17. The third-order valence-electron chi connectivity index (χ3n) is 2.54. The van der Waals surface area contributed by atoms with Gasteiger partial charge in [-0.15, -0.1) is 0 Å². The summed E-state index contributed by atoms with van der Waals surface area (Å²) in [4.78, 5) is 17.5. The van der Waals surface area contributed by atoms with Crippen LogP contribution in [0.4, 0.5) is 11.5 Å². The predicted octanol–water partition coefficient (Wildman–Crippen LogP) is 1.31. The summed E-state index contributed by atoms with van der Waals surface area (Å²) >= 11 is 0. The molecule has 1 rings (SSSR count). The second-order valence-electron chi connectivity index (χ2n) is 4.44. The highest BCUT2D eigenvalue weighted by atomic mass is 16.5. The number of hydrogen-bond donors (Lipinski definition) is 1. The molecule has 1 aromatic rings. The Morgan fingerprint density at radius 3 is 2.74 bits per heavy atom. The summed E-state index contributed by atoms with van der Waals surface area (Å²) in [5.41, 5.74) is 6.62. The normalized spacial score (nSPS) is 10.6. The fourth-order valence-corrected chi connectivity index (χ4v) is 1.51. The number of methoxy groups -OCH3 is 1. The molecule has 19 heavy (non-hydrogen) atoms. The lowest BCUT2D eigenvalue weighted by atomic mass is 10.3. The van der Waals surface area contributed by atoms with Crippen LogP contribution in [0.5, 0.6) is 0 Å². The third kappa shape index (κ3) is 4.40. The summed E-state index contributed by atoms with van der Waals surface area (Å²) < 4.78 is 10.1. The quantitative estimate of drug-likeness (QED) is 0.783. The van der Waals surface area contributed by atoms with Crippen molar-refractivity contribution in [1.29, 1.82) is 0 Å². The molecule has 0 fully saturated rings. The number of hydrogen-bond acceptors (Lipinski definition) is 6. The number of nitrogens with zero attached hydrogens (tertiary/aromatic N) is 2. The Kier molecular flexibility index (Phi) is 5.57. The van der Waals surface area contributed by atoms with Crippen molar-refractivity contribution in [2.45, 2.75) is 20.0 Å². The average Bonchev–Trinajstić information content (AvgIpc) is 2.37. The van der Waals surface area contributed by atoms with E-state index in [0.29, 0.717) is 24.7 Å². The molecule has 2 N–H and O–H groups in total. The lowest BCUT2D eigenvalue weighted by Crippen LogP contribution is -2.26. The van der Waals surface area contributed by atoms with Crippen molar-refractivity contribution in [1.82, 2.24) is 4.98 Å². The van der Waals surface area contributed by atoms with Gasteiger partial charge in [0.2, 0.25) is 0 Å². The fourth-order valence-electron chi connectivity index (χ4n) is 1.51. The first-order valence-electron chi connectivity index (χ1n) is 6.13. The molecule has 0 saturated carbocycles. The van der Waals surface area contributed by atoms with Crippen molar-refractivity contribution in [2.24, 2.45) is 0 Å². The minimum Gasteiger partial charge on any atom is -0.464 e. The second-order valence-corrected chi connectivity index (χ2v) is 4.44. The standard InChI is InChI=1S/C13H21N3O3/c1-9(2)19-8-7-16(3)12-10(14)5-6-11(15-12)13(17)18-4/h5-6,9H,7-8,14H2,1-4H3. The van der Waals surface area contributed by atoms with E-state index in [1.54, 1.807) is 12.1 Å². The number of rotatable bonds is 6. The van der Waals surface area contributed by atoms with Crippen molar-refractivity contribution in [3.63, 3.8) is 0 Å². The Bertz CT molecular complexity index is 435. The first kappa shape index (κ1) is 15.2. The van der Waals surface area contributed by atoms with Gasteiger partial charge in [0, 0.05) is 13.6 Å². The van der Waals surface area contributed by atoms with E-state index in [-0.39, 0.29) is 11.8 Å². The smallest absolute Gasteiger partial charge is 0.356 e. The van der Waals surface area contributed by atoms with Gasteiger partial charge in [0.15, 0.2) is 11.5 Å². The molecule has 106 valence electrons. The third-order valence-corrected chi connectivity index (χ3v) is 2.54. The molecule has 1 aromatic heterocycles.